The monoisotopic (exact) mass is 164 g/mol. The summed E-state index contributed by atoms with van der Waals surface area (Å²) in [5.74, 6) is 1.64. The van der Waals surface area contributed by atoms with E-state index in [0.29, 0.717) is 5.92 Å². The molecule has 0 spiro atoms. The second-order valence-electron chi connectivity index (χ2n) is 3.44. The van der Waals surface area contributed by atoms with Gasteiger partial charge in [0.05, 0.1) is 0 Å². The Bertz CT molecular complexity index is 243. The number of nitrogens with zero attached hydrogens (tertiary/aromatic N) is 1. The lowest BCUT2D eigenvalue weighted by Gasteiger charge is -2.07. The van der Waals surface area contributed by atoms with Gasteiger partial charge in [-0.2, -0.15) is 0 Å². The molecule has 0 fully saturated rings. The molecule has 0 aliphatic carbocycles. The van der Waals surface area contributed by atoms with Gasteiger partial charge in [0.1, 0.15) is 5.82 Å². The molecule has 1 heterocycles. The first-order chi connectivity index (χ1) is 5.68. The average Bonchev–Trinajstić information content (AvgIpc) is 2.01. The smallest absolute Gasteiger partial charge is 0.126 e. The lowest BCUT2D eigenvalue weighted by Crippen LogP contribution is -2.09. The van der Waals surface area contributed by atoms with Gasteiger partial charge in [-0.1, -0.05) is 19.9 Å². The normalized spacial score (nSPS) is 10.3. The molecule has 2 heteroatoms. The molecule has 0 saturated heterocycles. The quantitative estimate of drug-likeness (QED) is 0.742. The second kappa shape index (κ2) is 4.10. The van der Waals surface area contributed by atoms with Crippen LogP contribution in [0.1, 0.15) is 19.5 Å². The number of pyridine rings is 1. The fourth-order valence-corrected chi connectivity index (χ4v) is 0.950. The molecule has 0 unspecified atom stereocenters. The molecule has 2 nitrogen and oxygen atoms in total. The molecule has 66 valence electrons. The summed E-state index contributed by atoms with van der Waals surface area (Å²) in [7, 11) is 0. The van der Waals surface area contributed by atoms with Crippen molar-refractivity contribution in [3.63, 3.8) is 0 Å². The van der Waals surface area contributed by atoms with Gasteiger partial charge in [0.15, 0.2) is 0 Å². The van der Waals surface area contributed by atoms with E-state index >= 15 is 0 Å². The van der Waals surface area contributed by atoms with Crippen LogP contribution in [0.4, 0.5) is 5.82 Å². The molecule has 1 aromatic heterocycles. The van der Waals surface area contributed by atoms with Crippen molar-refractivity contribution in [1.29, 1.82) is 0 Å². The predicted octanol–water partition coefficient (Wildman–Crippen LogP) is 2.46. The molecule has 0 atom stereocenters. The van der Waals surface area contributed by atoms with E-state index < -0.39 is 0 Å². The Morgan fingerprint density at radius 2 is 2.17 bits per heavy atom. The van der Waals surface area contributed by atoms with E-state index in [1.54, 1.807) is 0 Å². The zero-order valence-electron chi connectivity index (χ0n) is 7.96. The summed E-state index contributed by atoms with van der Waals surface area (Å²) in [5.41, 5.74) is 1.06. The summed E-state index contributed by atoms with van der Waals surface area (Å²) in [5, 5.41) is 3.27. The predicted molar refractivity (Wildman–Crippen MR) is 52.3 cm³/mol. The van der Waals surface area contributed by atoms with Crippen molar-refractivity contribution in [3.8, 4) is 0 Å². The summed E-state index contributed by atoms with van der Waals surface area (Å²) in [6.07, 6.45) is 0. The van der Waals surface area contributed by atoms with Gasteiger partial charge in [0.25, 0.3) is 0 Å². The molecule has 1 rings (SSSR count). The van der Waals surface area contributed by atoms with Gasteiger partial charge in [-0.25, -0.2) is 4.98 Å². The Hall–Kier alpha value is -1.05. The number of aromatic nitrogens is 1. The first-order valence-electron chi connectivity index (χ1n) is 4.36. The van der Waals surface area contributed by atoms with Gasteiger partial charge >= 0.3 is 0 Å². The highest BCUT2D eigenvalue weighted by Crippen LogP contribution is 2.04. The molecule has 1 aromatic rings. The zero-order valence-corrected chi connectivity index (χ0v) is 7.96. The van der Waals surface area contributed by atoms with Gasteiger partial charge in [0.2, 0.25) is 0 Å². The summed E-state index contributed by atoms with van der Waals surface area (Å²) >= 11 is 0. The van der Waals surface area contributed by atoms with Crippen LogP contribution >= 0.6 is 0 Å². The molecule has 0 radical (unpaired) electrons. The minimum Gasteiger partial charge on any atom is -0.370 e. The number of hydrogen-bond donors (Lipinski definition) is 1. The highest BCUT2D eigenvalue weighted by atomic mass is 15.0. The van der Waals surface area contributed by atoms with Crippen LogP contribution in [-0.2, 0) is 0 Å². The second-order valence-corrected chi connectivity index (χ2v) is 3.44. The highest BCUT2D eigenvalue weighted by molar-refractivity contribution is 5.34. The summed E-state index contributed by atoms with van der Waals surface area (Å²) < 4.78 is 0. The lowest BCUT2D eigenvalue weighted by atomic mass is 10.2. The van der Waals surface area contributed by atoms with Gasteiger partial charge in [-0.05, 0) is 25.0 Å². The van der Waals surface area contributed by atoms with E-state index in [-0.39, 0.29) is 0 Å². The van der Waals surface area contributed by atoms with Crippen LogP contribution in [0.2, 0.25) is 0 Å². The topological polar surface area (TPSA) is 24.9 Å². The van der Waals surface area contributed by atoms with Crippen molar-refractivity contribution in [2.24, 2.45) is 5.92 Å². The minimum absolute atomic E-state index is 0.660. The number of anilines is 1. The Kier molecular flexibility index (Phi) is 3.09. The Labute approximate surface area is 74.0 Å². The maximum atomic E-state index is 4.33. The molecule has 0 aliphatic rings. The zero-order chi connectivity index (χ0) is 8.97. The van der Waals surface area contributed by atoms with Crippen LogP contribution in [0, 0.1) is 12.8 Å². The number of hydrogen-bond acceptors (Lipinski definition) is 2. The Balaban J connectivity index is 2.52. The van der Waals surface area contributed by atoms with E-state index in [0.717, 1.165) is 18.1 Å². The molecule has 1 N–H and O–H groups in total. The molecular weight excluding hydrogens is 148 g/mol. The molecule has 12 heavy (non-hydrogen) atoms. The van der Waals surface area contributed by atoms with Crippen LogP contribution in [-0.4, -0.2) is 11.5 Å². The van der Waals surface area contributed by atoms with Gasteiger partial charge in [-0.3, -0.25) is 0 Å². The first kappa shape index (κ1) is 9.04. The van der Waals surface area contributed by atoms with Crippen molar-refractivity contribution in [1.82, 2.24) is 4.98 Å². The maximum absolute atomic E-state index is 4.33. The first-order valence-corrected chi connectivity index (χ1v) is 4.36. The van der Waals surface area contributed by atoms with E-state index in [4.69, 9.17) is 0 Å². The van der Waals surface area contributed by atoms with Gasteiger partial charge in [-0.15, -0.1) is 0 Å². The Morgan fingerprint density at radius 1 is 1.42 bits per heavy atom. The third kappa shape index (κ3) is 2.91. The van der Waals surface area contributed by atoms with Crippen LogP contribution in [0.15, 0.2) is 18.2 Å². The maximum Gasteiger partial charge on any atom is 0.126 e. The van der Waals surface area contributed by atoms with E-state index in [9.17, 15) is 0 Å². The molecule has 0 aliphatic heterocycles. The SMILES string of the molecule is Cc1cccc(NCC(C)C)n1. The molecule has 0 saturated carbocycles. The summed E-state index contributed by atoms with van der Waals surface area (Å²) in [6.45, 7) is 7.35. The van der Waals surface area contributed by atoms with Gasteiger partial charge in [0, 0.05) is 12.2 Å². The van der Waals surface area contributed by atoms with Crippen LogP contribution in [0.3, 0.4) is 0 Å². The lowest BCUT2D eigenvalue weighted by molar-refractivity contribution is 0.687. The van der Waals surface area contributed by atoms with Crippen LogP contribution < -0.4 is 5.32 Å². The molecule has 0 bridgehead atoms. The van der Waals surface area contributed by atoms with E-state index in [2.05, 4.69) is 24.1 Å². The minimum atomic E-state index is 0.660. The third-order valence-electron chi connectivity index (χ3n) is 1.58. The summed E-state index contributed by atoms with van der Waals surface area (Å²) in [6, 6.07) is 6.01. The van der Waals surface area contributed by atoms with Gasteiger partial charge < -0.3 is 5.32 Å². The van der Waals surface area contributed by atoms with Crippen molar-refractivity contribution in [2.45, 2.75) is 20.8 Å². The number of nitrogens with one attached hydrogen (secondary N) is 1. The van der Waals surface area contributed by atoms with Crippen LogP contribution in [0.25, 0.3) is 0 Å². The average molecular weight is 164 g/mol. The van der Waals surface area contributed by atoms with Crippen molar-refractivity contribution in [3.05, 3.63) is 23.9 Å². The Morgan fingerprint density at radius 3 is 2.75 bits per heavy atom. The number of rotatable bonds is 3. The van der Waals surface area contributed by atoms with E-state index in [1.807, 2.05) is 25.1 Å². The molecule has 0 amide bonds. The van der Waals surface area contributed by atoms with Crippen molar-refractivity contribution < 1.29 is 0 Å². The van der Waals surface area contributed by atoms with Crippen molar-refractivity contribution in [2.75, 3.05) is 11.9 Å². The fraction of sp³-hybridized carbons (Fsp3) is 0.500. The fourth-order valence-electron chi connectivity index (χ4n) is 0.950. The molecular formula is C10H16N2. The standard InChI is InChI=1S/C10H16N2/c1-8(2)7-11-10-6-4-5-9(3)12-10/h4-6,8H,7H2,1-3H3,(H,11,12). The number of aryl methyl sites for hydroxylation is 1. The van der Waals surface area contributed by atoms with E-state index in [1.165, 1.54) is 0 Å². The van der Waals surface area contributed by atoms with Crippen molar-refractivity contribution >= 4 is 5.82 Å². The highest BCUT2D eigenvalue weighted by Gasteiger charge is 1.95. The summed E-state index contributed by atoms with van der Waals surface area (Å²) in [4.78, 5) is 4.33. The third-order valence-corrected chi connectivity index (χ3v) is 1.58. The van der Waals surface area contributed by atoms with Crippen LogP contribution in [0.5, 0.6) is 0 Å². The largest absolute Gasteiger partial charge is 0.370 e. The molecule has 0 aromatic carbocycles.